The van der Waals surface area contributed by atoms with Crippen molar-refractivity contribution in [2.45, 2.75) is 52.5 Å². The summed E-state index contributed by atoms with van der Waals surface area (Å²) in [4.78, 5) is 11.1. The van der Waals surface area contributed by atoms with Crippen molar-refractivity contribution < 1.29 is 0 Å². The Balaban J connectivity index is 2.31. The van der Waals surface area contributed by atoms with Gasteiger partial charge in [-0.25, -0.2) is 9.97 Å². The molecule has 0 radical (unpaired) electrons. The molecule has 0 spiro atoms. The Bertz CT molecular complexity index is 392. The second-order valence-electron chi connectivity index (χ2n) is 5.55. The van der Waals surface area contributed by atoms with E-state index in [9.17, 15) is 0 Å². The lowest BCUT2D eigenvalue weighted by atomic mass is 10.2. The molecule has 1 heterocycles. The van der Waals surface area contributed by atoms with Crippen molar-refractivity contribution in [3.05, 3.63) is 11.9 Å². The van der Waals surface area contributed by atoms with Gasteiger partial charge in [-0.1, -0.05) is 6.92 Å². The minimum absolute atomic E-state index is 0.547. The van der Waals surface area contributed by atoms with Gasteiger partial charge in [-0.3, -0.25) is 0 Å². The van der Waals surface area contributed by atoms with Crippen LogP contribution in [0, 0.1) is 0 Å². The molecule has 0 aliphatic rings. The monoisotopic (exact) mass is 279 g/mol. The number of aryl methyl sites for hydroxylation is 1. The summed E-state index contributed by atoms with van der Waals surface area (Å²) < 4.78 is 0. The molecule has 1 aromatic heterocycles. The fourth-order valence-corrected chi connectivity index (χ4v) is 1.90. The van der Waals surface area contributed by atoms with Gasteiger partial charge < -0.3 is 16.0 Å². The lowest BCUT2D eigenvalue weighted by Gasteiger charge is -2.20. The van der Waals surface area contributed by atoms with Crippen LogP contribution in [0.4, 0.5) is 11.6 Å². The summed E-state index contributed by atoms with van der Waals surface area (Å²) in [6.45, 7) is 8.61. The molecule has 1 aromatic rings. The number of rotatable bonds is 9. The molecule has 1 rings (SSSR count). The van der Waals surface area contributed by atoms with Crippen LogP contribution < -0.4 is 11.1 Å². The van der Waals surface area contributed by atoms with Gasteiger partial charge in [0, 0.05) is 25.1 Å². The van der Waals surface area contributed by atoms with Crippen LogP contribution >= 0.6 is 0 Å². The number of nitrogens with two attached hydrogens (primary N) is 1. The van der Waals surface area contributed by atoms with Crippen molar-refractivity contribution >= 4 is 11.6 Å². The molecule has 0 saturated carbocycles. The Morgan fingerprint density at radius 2 is 2.05 bits per heavy atom. The highest BCUT2D eigenvalue weighted by molar-refractivity contribution is 5.44. The first-order valence-electron chi connectivity index (χ1n) is 7.60. The average molecular weight is 279 g/mol. The summed E-state index contributed by atoms with van der Waals surface area (Å²) in [5.74, 6) is 2.22. The zero-order valence-corrected chi connectivity index (χ0v) is 13.3. The number of hydrogen-bond donors (Lipinski definition) is 2. The lowest BCUT2D eigenvalue weighted by molar-refractivity contribution is 0.269. The summed E-state index contributed by atoms with van der Waals surface area (Å²) in [5, 5.41) is 3.34. The van der Waals surface area contributed by atoms with Crippen molar-refractivity contribution in [2.75, 3.05) is 31.2 Å². The van der Waals surface area contributed by atoms with Crippen molar-refractivity contribution in [1.82, 2.24) is 14.9 Å². The van der Waals surface area contributed by atoms with Gasteiger partial charge >= 0.3 is 0 Å². The average Bonchev–Trinajstić information content (AvgIpc) is 2.37. The number of unbranched alkanes of at least 4 members (excludes halogenated alkanes) is 1. The van der Waals surface area contributed by atoms with Gasteiger partial charge in [-0.2, -0.15) is 0 Å². The lowest BCUT2D eigenvalue weighted by Crippen LogP contribution is -2.27. The van der Waals surface area contributed by atoms with Crippen molar-refractivity contribution in [2.24, 2.45) is 0 Å². The van der Waals surface area contributed by atoms with E-state index in [1.54, 1.807) is 6.07 Å². The van der Waals surface area contributed by atoms with Crippen LogP contribution in [0.3, 0.4) is 0 Å². The first-order chi connectivity index (χ1) is 9.52. The van der Waals surface area contributed by atoms with Gasteiger partial charge in [-0.15, -0.1) is 0 Å². The molecule has 0 atom stereocenters. The Morgan fingerprint density at radius 3 is 2.70 bits per heavy atom. The molecule has 0 aliphatic heterocycles. The third-order valence-electron chi connectivity index (χ3n) is 3.39. The molecule has 5 heteroatoms. The number of nitrogens with zero attached hydrogens (tertiary/aromatic N) is 3. The van der Waals surface area contributed by atoms with E-state index >= 15 is 0 Å². The van der Waals surface area contributed by atoms with Crippen LogP contribution in [0.25, 0.3) is 0 Å². The number of aromatic nitrogens is 2. The molecule has 0 fully saturated rings. The summed E-state index contributed by atoms with van der Waals surface area (Å²) in [6, 6.07) is 2.42. The molecule has 3 N–H and O–H groups in total. The second kappa shape index (κ2) is 8.74. The maximum absolute atomic E-state index is 5.80. The maximum atomic E-state index is 5.80. The smallest absolute Gasteiger partial charge is 0.133 e. The minimum Gasteiger partial charge on any atom is -0.384 e. The quantitative estimate of drug-likeness (QED) is 0.680. The van der Waals surface area contributed by atoms with E-state index < -0.39 is 0 Å². The van der Waals surface area contributed by atoms with E-state index in [1.807, 2.05) is 0 Å². The van der Waals surface area contributed by atoms with Gasteiger partial charge in [0.15, 0.2) is 0 Å². The topological polar surface area (TPSA) is 67.1 Å². The minimum atomic E-state index is 0.547. The van der Waals surface area contributed by atoms with Crippen LogP contribution in [0.15, 0.2) is 6.07 Å². The molecule has 0 aliphatic carbocycles. The summed E-state index contributed by atoms with van der Waals surface area (Å²) >= 11 is 0. The van der Waals surface area contributed by atoms with E-state index in [1.165, 1.54) is 6.42 Å². The van der Waals surface area contributed by atoms with Crippen LogP contribution in [-0.2, 0) is 6.42 Å². The summed E-state index contributed by atoms with van der Waals surface area (Å²) in [7, 11) is 2.17. The maximum Gasteiger partial charge on any atom is 0.133 e. The van der Waals surface area contributed by atoms with Gasteiger partial charge in [-0.05, 0) is 46.7 Å². The zero-order valence-electron chi connectivity index (χ0n) is 13.3. The van der Waals surface area contributed by atoms with Crippen LogP contribution in [-0.4, -0.2) is 41.0 Å². The molecular weight excluding hydrogens is 250 g/mol. The Hall–Kier alpha value is -1.36. The predicted molar refractivity (Wildman–Crippen MR) is 85.9 cm³/mol. The second-order valence-corrected chi connectivity index (χ2v) is 5.55. The van der Waals surface area contributed by atoms with E-state index in [4.69, 9.17) is 5.73 Å². The normalized spacial score (nSPS) is 11.3. The third kappa shape index (κ3) is 6.19. The first-order valence-corrected chi connectivity index (χ1v) is 7.60. The number of hydrogen-bond acceptors (Lipinski definition) is 5. The van der Waals surface area contributed by atoms with E-state index in [-0.39, 0.29) is 0 Å². The van der Waals surface area contributed by atoms with Crippen molar-refractivity contribution in [3.63, 3.8) is 0 Å². The van der Waals surface area contributed by atoms with E-state index in [0.717, 1.165) is 44.0 Å². The van der Waals surface area contributed by atoms with Crippen molar-refractivity contribution in [3.8, 4) is 0 Å². The molecular formula is C15H29N5. The molecule has 114 valence electrons. The SMILES string of the molecule is CCCc1nc(N)cc(NCCCCN(C)C(C)C)n1. The van der Waals surface area contributed by atoms with Gasteiger partial charge in [0.05, 0.1) is 0 Å². The van der Waals surface area contributed by atoms with E-state index in [0.29, 0.717) is 11.9 Å². The van der Waals surface area contributed by atoms with Crippen LogP contribution in [0.5, 0.6) is 0 Å². The summed E-state index contributed by atoms with van der Waals surface area (Å²) in [6.07, 6.45) is 4.22. The Morgan fingerprint density at radius 1 is 1.30 bits per heavy atom. The van der Waals surface area contributed by atoms with Gasteiger partial charge in [0.25, 0.3) is 0 Å². The first kappa shape index (κ1) is 16.7. The number of nitrogen functional groups attached to an aromatic ring is 1. The predicted octanol–water partition coefficient (Wildman–Crippen LogP) is 2.54. The summed E-state index contributed by atoms with van der Waals surface area (Å²) in [5.41, 5.74) is 5.80. The highest BCUT2D eigenvalue weighted by Crippen LogP contribution is 2.10. The number of anilines is 2. The highest BCUT2D eigenvalue weighted by atomic mass is 15.1. The van der Waals surface area contributed by atoms with Crippen LogP contribution in [0.2, 0.25) is 0 Å². The largest absolute Gasteiger partial charge is 0.384 e. The fourth-order valence-electron chi connectivity index (χ4n) is 1.90. The van der Waals surface area contributed by atoms with Gasteiger partial charge in [0.2, 0.25) is 0 Å². The molecule has 20 heavy (non-hydrogen) atoms. The Kier molecular flexibility index (Phi) is 7.30. The fraction of sp³-hybridized carbons (Fsp3) is 0.733. The number of nitrogens with one attached hydrogen (secondary N) is 1. The third-order valence-corrected chi connectivity index (χ3v) is 3.39. The molecule has 5 nitrogen and oxygen atoms in total. The standard InChI is InChI=1S/C15H29N5/c1-5-8-14-18-13(16)11-15(19-14)17-9-6-7-10-20(4)12(2)3/h11-12H,5-10H2,1-4H3,(H3,16,17,18,19). The highest BCUT2D eigenvalue weighted by Gasteiger charge is 2.03. The molecule has 0 bridgehead atoms. The molecule has 0 amide bonds. The molecule has 0 unspecified atom stereocenters. The van der Waals surface area contributed by atoms with Crippen molar-refractivity contribution in [1.29, 1.82) is 0 Å². The van der Waals surface area contributed by atoms with Gasteiger partial charge in [0.1, 0.15) is 17.5 Å². The molecule has 0 saturated heterocycles. The molecule has 0 aromatic carbocycles. The van der Waals surface area contributed by atoms with E-state index in [2.05, 4.69) is 48.0 Å². The Labute approximate surface area is 123 Å². The van der Waals surface area contributed by atoms with Crippen LogP contribution in [0.1, 0.15) is 45.9 Å². The zero-order chi connectivity index (χ0) is 15.0.